The minimum Gasteiger partial charge on any atom is -0.350 e. The van der Waals surface area contributed by atoms with Crippen LogP contribution in [0.1, 0.15) is 33.3 Å². The van der Waals surface area contributed by atoms with Crippen LogP contribution >= 0.6 is 11.6 Å². The number of nitrogens with zero attached hydrogens (tertiary/aromatic N) is 2. The van der Waals surface area contributed by atoms with Gasteiger partial charge in [0, 0.05) is 22.6 Å². The second-order valence-electron chi connectivity index (χ2n) is 8.54. The van der Waals surface area contributed by atoms with Crippen molar-refractivity contribution in [3.8, 4) is 0 Å². The van der Waals surface area contributed by atoms with Gasteiger partial charge < -0.3 is 5.32 Å². The van der Waals surface area contributed by atoms with Gasteiger partial charge in [-0.2, -0.15) is 0 Å². The van der Waals surface area contributed by atoms with Crippen LogP contribution in [-0.4, -0.2) is 27.8 Å². The number of halogens is 1. The highest BCUT2D eigenvalue weighted by molar-refractivity contribution is 6.32. The number of benzene rings is 3. The zero-order valence-corrected chi connectivity index (χ0v) is 19.5. The number of carbonyl (C=O) groups excluding carboxylic acids is 3. The first kappa shape index (κ1) is 21.9. The number of anilines is 1. The fourth-order valence-corrected chi connectivity index (χ4v) is 4.69. The number of carbonyl (C=O) groups is 3. The minimum absolute atomic E-state index is 0.193. The van der Waals surface area contributed by atoms with Crippen LogP contribution in [0.25, 0.3) is 10.9 Å². The number of para-hydroxylation sites is 1. The lowest BCUT2D eigenvalue weighted by Crippen LogP contribution is -2.68. The van der Waals surface area contributed by atoms with Gasteiger partial charge in [-0.05, 0) is 55.3 Å². The summed E-state index contributed by atoms with van der Waals surface area (Å²) in [6.45, 7) is 3.58. The molecular formula is C27H22ClN3O3. The Morgan fingerprint density at radius 3 is 2.41 bits per heavy atom. The molecule has 0 bridgehead atoms. The van der Waals surface area contributed by atoms with Crippen molar-refractivity contribution < 1.29 is 14.4 Å². The smallest absolute Gasteiger partial charge is 0.276 e. The molecule has 0 fully saturated rings. The molecule has 0 spiro atoms. The van der Waals surface area contributed by atoms with Gasteiger partial charge in [0.15, 0.2) is 0 Å². The SMILES string of the molecule is Cc1ccccc1N1C(=O)c2cc3cc(Cl)ccc3n2C(=O)[C@]1(C)C(=O)NCc1ccccc1. The van der Waals surface area contributed by atoms with Crippen molar-refractivity contribution in [3.05, 3.63) is 101 Å². The van der Waals surface area contributed by atoms with Crippen molar-refractivity contribution in [1.82, 2.24) is 9.88 Å². The van der Waals surface area contributed by atoms with Crippen molar-refractivity contribution >= 4 is 45.9 Å². The third-order valence-corrected chi connectivity index (χ3v) is 6.58. The van der Waals surface area contributed by atoms with Gasteiger partial charge in [-0.1, -0.05) is 60.1 Å². The molecule has 1 N–H and O–H groups in total. The summed E-state index contributed by atoms with van der Waals surface area (Å²) in [6.07, 6.45) is 0. The van der Waals surface area contributed by atoms with E-state index in [0.29, 0.717) is 21.6 Å². The highest BCUT2D eigenvalue weighted by atomic mass is 35.5. The number of amides is 2. The van der Waals surface area contributed by atoms with E-state index in [-0.39, 0.29) is 12.2 Å². The monoisotopic (exact) mass is 471 g/mol. The first-order valence-corrected chi connectivity index (χ1v) is 11.3. The van der Waals surface area contributed by atoms with Gasteiger partial charge in [0.1, 0.15) is 5.69 Å². The number of aromatic nitrogens is 1. The summed E-state index contributed by atoms with van der Waals surface area (Å²) >= 11 is 6.15. The van der Waals surface area contributed by atoms with Crippen LogP contribution < -0.4 is 10.2 Å². The van der Waals surface area contributed by atoms with Gasteiger partial charge in [-0.25, -0.2) is 0 Å². The van der Waals surface area contributed by atoms with E-state index in [0.717, 1.165) is 11.1 Å². The quantitative estimate of drug-likeness (QED) is 0.427. The Morgan fingerprint density at radius 1 is 0.971 bits per heavy atom. The maximum Gasteiger partial charge on any atom is 0.276 e. The largest absolute Gasteiger partial charge is 0.350 e. The molecule has 1 aromatic heterocycles. The summed E-state index contributed by atoms with van der Waals surface area (Å²) in [6, 6.07) is 23.3. The molecule has 5 rings (SSSR count). The summed E-state index contributed by atoms with van der Waals surface area (Å²) in [5.41, 5.74) is 1.09. The lowest BCUT2D eigenvalue weighted by atomic mass is 9.91. The Labute approximate surface area is 201 Å². The molecule has 6 nitrogen and oxygen atoms in total. The maximum atomic E-state index is 14.1. The van der Waals surface area contributed by atoms with Crippen molar-refractivity contribution in [2.45, 2.75) is 25.9 Å². The fraction of sp³-hybridized carbons (Fsp3) is 0.148. The first-order valence-electron chi connectivity index (χ1n) is 10.9. The van der Waals surface area contributed by atoms with Crippen LogP contribution in [0.4, 0.5) is 5.69 Å². The molecule has 4 aromatic rings. The highest BCUT2D eigenvalue weighted by Gasteiger charge is 2.55. The summed E-state index contributed by atoms with van der Waals surface area (Å²) in [4.78, 5) is 43.0. The Bertz CT molecular complexity index is 1460. The van der Waals surface area contributed by atoms with Gasteiger partial charge in [0.2, 0.25) is 5.54 Å². The molecule has 0 aliphatic carbocycles. The highest BCUT2D eigenvalue weighted by Crippen LogP contribution is 2.37. The van der Waals surface area contributed by atoms with E-state index < -0.39 is 23.3 Å². The van der Waals surface area contributed by atoms with Gasteiger partial charge >= 0.3 is 0 Å². The molecule has 2 heterocycles. The van der Waals surface area contributed by atoms with E-state index in [2.05, 4.69) is 5.32 Å². The Morgan fingerprint density at radius 2 is 1.68 bits per heavy atom. The number of rotatable bonds is 4. The molecule has 2 amide bonds. The fourth-order valence-electron chi connectivity index (χ4n) is 4.51. The van der Waals surface area contributed by atoms with Crippen LogP contribution in [0.5, 0.6) is 0 Å². The summed E-state index contributed by atoms with van der Waals surface area (Å²) < 4.78 is 1.34. The summed E-state index contributed by atoms with van der Waals surface area (Å²) in [5.74, 6) is -1.49. The van der Waals surface area contributed by atoms with Crippen LogP contribution in [-0.2, 0) is 11.3 Å². The minimum atomic E-state index is -1.81. The van der Waals surface area contributed by atoms with E-state index in [1.54, 1.807) is 36.4 Å². The molecule has 3 aromatic carbocycles. The third kappa shape index (κ3) is 3.30. The lowest BCUT2D eigenvalue weighted by Gasteiger charge is -2.42. The molecule has 1 atom stereocenters. The summed E-state index contributed by atoms with van der Waals surface area (Å²) in [5, 5.41) is 4.02. The third-order valence-electron chi connectivity index (χ3n) is 6.35. The maximum absolute atomic E-state index is 14.1. The van der Waals surface area contributed by atoms with Crippen LogP contribution in [0.2, 0.25) is 5.02 Å². The number of fused-ring (bicyclic) bond motifs is 3. The zero-order chi connectivity index (χ0) is 24.0. The van der Waals surface area contributed by atoms with Crippen LogP contribution in [0, 0.1) is 6.92 Å². The Balaban J connectivity index is 1.67. The Hall–Kier alpha value is -3.90. The molecule has 0 unspecified atom stereocenters. The van der Waals surface area contributed by atoms with Crippen molar-refractivity contribution in [2.24, 2.45) is 0 Å². The van der Waals surface area contributed by atoms with Crippen LogP contribution in [0.3, 0.4) is 0 Å². The van der Waals surface area contributed by atoms with Gasteiger partial charge in [-0.3, -0.25) is 23.9 Å². The van der Waals surface area contributed by atoms with E-state index >= 15 is 0 Å². The predicted molar refractivity (Wildman–Crippen MR) is 132 cm³/mol. The van der Waals surface area contributed by atoms with E-state index in [4.69, 9.17) is 11.6 Å². The number of aryl methyl sites for hydroxylation is 1. The van der Waals surface area contributed by atoms with Gasteiger partial charge in [-0.15, -0.1) is 0 Å². The number of hydrogen-bond acceptors (Lipinski definition) is 3. The molecule has 0 saturated heterocycles. The molecular weight excluding hydrogens is 450 g/mol. The zero-order valence-electron chi connectivity index (χ0n) is 18.7. The van der Waals surface area contributed by atoms with Crippen LogP contribution in [0.15, 0.2) is 78.9 Å². The van der Waals surface area contributed by atoms with Crippen molar-refractivity contribution in [3.63, 3.8) is 0 Å². The average Bonchev–Trinajstić information content (AvgIpc) is 3.22. The Kier molecular flexibility index (Phi) is 5.25. The normalized spacial score (nSPS) is 17.7. The molecule has 7 heteroatoms. The van der Waals surface area contributed by atoms with Crippen molar-refractivity contribution in [2.75, 3.05) is 4.90 Å². The topological polar surface area (TPSA) is 71.4 Å². The van der Waals surface area contributed by atoms with Gasteiger partial charge in [0.25, 0.3) is 17.7 Å². The molecule has 170 valence electrons. The van der Waals surface area contributed by atoms with Crippen molar-refractivity contribution in [1.29, 1.82) is 0 Å². The average molecular weight is 472 g/mol. The second kappa shape index (κ2) is 8.15. The first-order chi connectivity index (χ1) is 16.3. The standard InChI is InChI=1S/C27H22ClN3O3/c1-17-8-6-7-11-21(17)31-24(32)23-15-19-14-20(28)12-13-22(19)30(23)26(34)27(31,2)25(33)29-16-18-9-4-3-5-10-18/h3-15H,16H2,1-2H3,(H,29,33)/t27-/m0/s1. The lowest BCUT2D eigenvalue weighted by molar-refractivity contribution is -0.124. The molecule has 1 aliphatic heterocycles. The van der Waals surface area contributed by atoms with E-state index in [9.17, 15) is 14.4 Å². The van der Waals surface area contributed by atoms with Gasteiger partial charge in [0.05, 0.1) is 5.52 Å². The number of hydrogen-bond donors (Lipinski definition) is 1. The molecule has 0 radical (unpaired) electrons. The molecule has 0 saturated carbocycles. The van der Waals surface area contributed by atoms with E-state index in [1.165, 1.54) is 16.4 Å². The van der Waals surface area contributed by atoms with E-state index in [1.807, 2.05) is 49.4 Å². The number of nitrogens with one attached hydrogen (secondary N) is 1. The molecule has 34 heavy (non-hydrogen) atoms. The summed E-state index contributed by atoms with van der Waals surface area (Å²) in [7, 11) is 0. The second-order valence-corrected chi connectivity index (χ2v) is 8.98. The molecule has 1 aliphatic rings. The predicted octanol–water partition coefficient (Wildman–Crippen LogP) is 4.98.